The van der Waals surface area contributed by atoms with Crippen molar-refractivity contribution in [1.82, 2.24) is 14.7 Å². The molecule has 0 spiro atoms. The molecule has 5 N–H and O–H groups in total. The van der Waals surface area contributed by atoms with Crippen molar-refractivity contribution in [2.24, 2.45) is 5.73 Å². The van der Waals surface area contributed by atoms with Gasteiger partial charge in [-0.3, -0.25) is 4.79 Å². The number of hydrogen-bond donors (Lipinski definition) is 4. The molecule has 10 heteroatoms. The van der Waals surface area contributed by atoms with Gasteiger partial charge in [0.2, 0.25) is 16.0 Å². The Hall–Kier alpha value is -2.72. The number of anilines is 3. The van der Waals surface area contributed by atoms with Crippen LogP contribution in [0.4, 0.5) is 17.5 Å². The summed E-state index contributed by atoms with van der Waals surface area (Å²) in [5.41, 5.74) is 7.32. The zero-order chi connectivity index (χ0) is 18.4. The van der Waals surface area contributed by atoms with E-state index in [1.807, 2.05) is 31.2 Å². The number of carbonyl (C=O) groups excluding carboxylic acids is 1. The summed E-state index contributed by atoms with van der Waals surface area (Å²) in [6.07, 6.45) is 2.40. The lowest BCUT2D eigenvalue weighted by atomic mass is 10.2. The highest BCUT2D eigenvalue weighted by atomic mass is 32.2. The van der Waals surface area contributed by atoms with E-state index in [0.717, 1.165) is 17.5 Å². The lowest BCUT2D eigenvalue weighted by Gasteiger charge is -2.12. The Morgan fingerprint density at radius 1 is 1.28 bits per heavy atom. The summed E-state index contributed by atoms with van der Waals surface area (Å²) in [5, 5.41) is 5.93. The molecule has 9 nitrogen and oxygen atoms in total. The van der Waals surface area contributed by atoms with Gasteiger partial charge in [-0.2, -0.15) is 4.98 Å². The van der Waals surface area contributed by atoms with Crippen LogP contribution >= 0.6 is 0 Å². The van der Waals surface area contributed by atoms with Gasteiger partial charge < -0.3 is 16.4 Å². The van der Waals surface area contributed by atoms with Crippen molar-refractivity contribution in [3.63, 3.8) is 0 Å². The van der Waals surface area contributed by atoms with E-state index in [-0.39, 0.29) is 30.4 Å². The van der Waals surface area contributed by atoms with Crippen LogP contribution < -0.4 is 21.1 Å². The summed E-state index contributed by atoms with van der Waals surface area (Å²) in [5.74, 6) is -0.137. The van der Waals surface area contributed by atoms with E-state index < -0.39 is 15.9 Å². The van der Waals surface area contributed by atoms with Gasteiger partial charge in [0.25, 0.3) is 5.91 Å². The fourth-order valence-corrected chi connectivity index (χ4v) is 2.49. The second-order valence-electron chi connectivity index (χ2n) is 5.41. The van der Waals surface area contributed by atoms with E-state index in [9.17, 15) is 13.2 Å². The topological polar surface area (TPSA) is 139 Å². The lowest BCUT2D eigenvalue weighted by molar-refractivity contribution is 0.100. The van der Waals surface area contributed by atoms with Crippen LogP contribution in [0.2, 0.25) is 0 Å². The van der Waals surface area contributed by atoms with Crippen LogP contribution in [0, 0.1) is 6.92 Å². The van der Waals surface area contributed by atoms with Gasteiger partial charge in [-0.15, -0.1) is 0 Å². The molecule has 0 aliphatic heterocycles. The normalized spacial score (nSPS) is 11.1. The van der Waals surface area contributed by atoms with E-state index in [1.165, 1.54) is 6.20 Å². The number of primary amides is 1. The molecule has 1 heterocycles. The number of sulfonamides is 1. The number of nitrogens with two attached hydrogens (primary N) is 1. The zero-order valence-electron chi connectivity index (χ0n) is 13.9. The van der Waals surface area contributed by atoms with E-state index in [2.05, 4.69) is 25.3 Å². The third-order valence-corrected chi connectivity index (χ3v) is 3.84. The number of nitrogens with one attached hydrogen (secondary N) is 3. The summed E-state index contributed by atoms with van der Waals surface area (Å²) in [7, 11) is -3.25. The van der Waals surface area contributed by atoms with Gasteiger partial charge in [0, 0.05) is 25.0 Å². The average Bonchev–Trinajstić information content (AvgIpc) is 2.50. The van der Waals surface area contributed by atoms with Gasteiger partial charge in [0.15, 0.2) is 0 Å². The minimum absolute atomic E-state index is 0.154. The number of carbonyl (C=O) groups is 1. The first-order valence-corrected chi connectivity index (χ1v) is 9.33. The van der Waals surface area contributed by atoms with Gasteiger partial charge >= 0.3 is 0 Å². The summed E-state index contributed by atoms with van der Waals surface area (Å²) < 4.78 is 24.4. The Morgan fingerprint density at radius 3 is 2.68 bits per heavy atom. The predicted molar refractivity (Wildman–Crippen MR) is 96.3 cm³/mol. The molecule has 134 valence electrons. The number of aryl methyl sites for hydroxylation is 1. The van der Waals surface area contributed by atoms with Gasteiger partial charge in [-0.05, 0) is 24.6 Å². The predicted octanol–water partition coefficient (Wildman–Crippen LogP) is 0.589. The monoisotopic (exact) mass is 364 g/mol. The summed E-state index contributed by atoms with van der Waals surface area (Å²) in [6.45, 7) is 2.41. The van der Waals surface area contributed by atoms with Gasteiger partial charge in [0.05, 0.1) is 6.26 Å². The molecule has 0 unspecified atom stereocenters. The molecule has 0 fully saturated rings. The van der Waals surface area contributed by atoms with Crippen LogP contribution in [0.1, 0.15) is 15.9 Å². The number of amides is 1. The molecular weight excluding hydrogens is 344 g/mol. The minimum atomic E-state index is -3.25. The average molecular weight is 364 g/mol. The third kappa shape index (κ3) is 6.01. The molecule has 0 radical (unpaired) electrons. The van der Waals surface area contributed by atoms with Crippen LogP contribution in [0.5, 0.6) is 0 Å². The molecule has 1 aromatic heterocycles. The lowest BCUT2D eigenvalue weighted by Crippen LogP contribution is -2.28. The standard InChI is InChI=1S/C15H20N6O3S/c1-10-4-3-5-11(8-10)20-14-12(13(16)22)9-18-15(21-14)17-6-7-19-25(2,23)24/h3-5,8-9,19H,6-7H2,1-2H3,(H2,16,22)(H2,17,18,20,21). The van der Waals surface area contributed by atoms with Crippen LogP contribution in [0.15, 0.2) is 30.5 Å². The maximum Gasteiger partial charge on any atom is 0.254 e. The second-order valence-corrected chi connectivity index (χ2v) is 7.24. The fraction of sp³-hybridized carbons (Fsp3) is 0.267. The van der Waals surface area contributed by atoms with Crippen molar-refractivity contribution in [2.75, 3.05) is 30.0 Å². The molecule has 0 aliphatic carbocycles. The van der Waals surface area contributed by atoms with Crippen LogP contribution in [-0.4, -0.2) is 43.6 Å². The number of aromatic nitrogens is 2. The molecule has 1 aromatic carbocycles. The van der Waals surface area contributed by atoms with Crippen molar-refractivity contribution in [3.8, 4) is 0 Å². The number of hydrogen-bond acceptors (Lipinski definition) is 7. The highest BCUT2D eigenvalue weighted by molar-refractivity contribution is 7.88. The largest absolute Gasteiger partial charge is 0.365 e. The van der Waals surface area contributed by atoms with Crippen molar-refractivity contribution in [1.29, 1.82) is 0 Å². The zero-order valence-corrected chi connectivity index (χ0v) is 14.7. The van der Waals surface area contributed by atoms with E-state index in [0.29, 0.717) is 0 Å². The SMILES string of the molecule is Cc1cccc(Nc2nc(NCCNS(C)(=O)=O)ncc2C(N)=O)c1. The van der Waals surface area contributed by atoms with Gasteiger partial charge in [0.1, 0.15) is 11.4 Å². The molecule has 0 atom stereocenters. The maximum absolute atomic E-state index is 11.6. The van der Waals surface area contributed by atoms with E-state index in [1.54, 1.807) is 0 Å². The van der Waals surface area contributed by atoms with Crippen molar-refractivity contribution < 1.29 is 13.2 Å². The first-order valence-electron chi connectivity index (χ1n) is 7.43. The van der Waals surface area contributed by atoms with Crippen molar-refractivity contribution >= 4 is 33.4 Å². The Bertz CT molecular complexity index is 869. The van der Waals surface area contributed by atoms with Gasteiger partial charge in [-0.1, -0.05) is 12.1 Å². The Balaban J connectivity index is 2.14. The Morgan fingerprint density at radius 2 is 2.04 bits per heavy atom. The van der Waals surface area contributed by atoms with E-state index >= 15 is 0 Å². The molecule has 2 aromatic rings. The first-order chi connectivity index (χ1) is 11.7. The van der Waals surface area contributed by atoms with E-state index in [4.69, 9.17) is 5.73 Å². The molecule has 0 saturated heterocycles. The summed E-state index contributed by atoms with van der Waals surface area (Å²) >= 11 is 0. The van der Waals surface area contributed by atoms with Crippen LogP contribution in [0.3, 0.4) is 0 Å². The van der Waals surface area contributed by atoms with Crippen molar-refractivity contribution in [2.45, 2.75) is 6.92 Å². The number of rotatable bonds is 8. The number of nitrogens with zero attached hydrogens (tertiary/aromatic N) is 2. The van der Waals surface area contributed by atoms with Crippen LogP contribution in [-0.2, 0) is 10.0 Å². The van der Waals surface area contributed by atoms with Gasteiger partial charge in [-0.25, -0.2) is 18.1 Å². The molecular formula is C15H20N6O3S. The second kappa shape index (κ2) is 7.90. The first kappa shape index (κ1) is 18.6. The molecule has 0 bridgehead atoms. The molecule has 0 saturated carbocycles. The molecule has 0 aliphatic rings. The molecule has 1 amide bonds. The molecule has 25 heavy (non-hydrogen) atoms. The highest BCUT2D eigenvalue weighted by Gasteiger charge is 2.12. The highest BCUT2D eigenvalue weighted by Crippen LogP contribution is 2.20. The number of benzene rings is 1. The Labute approximate surface area is 146 Å². The maximum atomic E-state index is 11.6. The smallest absolute Gasteiger partial charge is 0.254 e. The quantitative estimate of drug-likeness (QED) is 0.503. The Kier molecular flexibility index (Phi) is 5.88. The summed E-state index contributed by atoms with van der Waals surface area (Å²) in [6, 6.07) is 7.56. The van der Waals surface area contributed by atoms with Crippen LogP contribution in [0.25, 0.3) is 0 Å². The molecule has 2 rings (SSSR count). The summed E-state index contributed by atoms with van der Waals surface area (Å²) in [4.78, 5) is 19.8. The fourth-order valence-electron chi connectivity index (χ4n) is 2.01. The third-order valence-electron chi connectivity index (χ3n) is 3.11. The van der Waals surface area contributed by atoms with Crippen molar-refractivity contribution in [3.05, 3.63) is 41.6 Å². The minimum Gasteiger partial charge on any atom is -0.365 e.